The van der Waals surface area contributed by atoms with E-state index in [1.54, 1.807) is 24.3 Å². The van der Waals surface area contributed by atoms with Crippen LogP contribution in [0.2, 0.25) is 0 Å². The summed E-state index contributed by atoms with van der Waals surface area (Å²) in [6.07, 6.45) is 1.24. The third kappa shape index (κ3) is 4.49. The molecule has 10 nitrogen and oxygen atoms in total. The Morgan fingerprint density at radius 2 is 1.90 bits per heavy atom. The maximum absolute atomic E-state index is 12.7. The lowest BCUT2D eigenvalue weighted by Crippen LogP contribution is -2.36. The van der Waals surface area contributed by atoms with E-state index in [9.17, 15) is 24.5 Å². The number of nitro groups is 1. The zero-order valence-electron chi connectivity index (χ0n) is 15.5. The molecular formula is C19H12IN3O7S. The fourth-order valence-electron chi connectivity index (χ4n) is 2.88. The van der Waals surface area contributed by atoms with Gasteiger partial charge < -0.3 is 14.8 Å². The number of carbonyl (C=O) groups is 3. The Labute approximate surface area is 192 Å². The highest BCUT2D eigenvalue weighted by atomic mass is 127. The van der Waals surface area contributed by atoms with Gasteiger partial charge in [-0.2, -0.15) is 0 Å². The van der Waals surface area contributed by atoms with Crippen molar-refractivity contribution in [2.24, 2.45) is 0 Å². The molecule has 1 saturated heterocycles. The highest BCUT2D eigenvalue weighted by Crippen LogP contribution is 2.40. The van der Waals surface area contributed by atoms with E-state index < -0.39 is 28.5 Å². The zero-order chi connectivity index (χ0) is 22.1. The largest absolute Gasteiger partial charge is 0.454 e. The number of nitrogens with zero attached hydrogens (tertiary/aromatic N) is 2. The predicted octanol–water partition coefficient (Wildman–Crippen LogP) is 3.60. The lowest BCUT2D eigenvalue weighted by atomic mass is 10.1. The third-order valence-corrected chi connectivity index (χ3v) is 5.94. The molecule has 2 aromatic rings. The van der Waals surface area contributed by atoms with Crippen molar-refractivity contribution in [2.75, 3.05) is 18.7 Å². The van der Waals surface area contributed by atoms with Gasteiger partial charge in [-0.15, -0.1) is 0 Å². The molecule has 0 radical (unpaired) electrons. The smallest absolute Gasteiger partial charge is 0.294 e. The maximum atomic E-state index is 12.7. The quantitative estimate of drug-likeness (QED) is 0.258. The summed E-state index contributed by atoms with van der Waals surface area (Å²) < 4.78 is 11.4. The topological polar surface area (TPSA) is 128 Å². The Morgan fingerprint density at radius 1 is 1.23 bits per heavy atom. The van der Waals surface area contributed by atoms with E-state index in [4.69, 9.17) is 9.47 Å². The minimum Gasteiger partial charge on any atom is -0.454 e. The van der Waals surface area contributed by atoms with E-state index in [1.165, 1.54) is 18.2 Å². The van der Waals surface area contributed by atoms with Crippen molar-refractivity contribution in [2.45, 2.75) is 0 Å². The molecule has 0 saturated carbocycles. The summed E-state index contributed by atoms with van der Waals surface area (Å²) in [6.45, 7) is -0.542. The van der Waals surface area contributed by atoms with Crippen molar-refractivity contribution in [3.05, 3.63) is 60.6 Å². The van der Waals surface area contributed by atoms with Crippen LogP contribution in [0.15, 0.2) is 41.3 Å². The number of thioether (sulfide) groups is 1. The van der Waals surface area contributed by atoms with E-state index in [0.717, 1.165) is 8.47 Å². The second-order valence-corrected chi connectivity index (χ2v) is 8.58. The van der Waals surface area contributed by atoms with Crippen LogP contribution in [-0.4, -0.2) is 40.2 Å². The summed E-state index contributed by atoms with van der Waals surface area (Å²) in [7, 11) is 0. The number of imide groups is 1. The second-order valence-electron chi connectivity index (χ2n) is 6.34. The zero-order valence-corrected chi connectivity index (χ0v) is 18.5. The number of fused-ring (bicyclic) bond motifs is 1. The minimum atomic E-state index is -0.709. The molecule has 0 spiro atoms. The number of nitro benzene ring substituents is 1. The molecule has 1 fully saturated rings. The SMILES string of the molecule is O=C(CN1C(=O)S/C(=C\c2cc3c(cc2[N+](=O)[O-])OCO3)C1=O)Nc1ccc(I)cc1. The van der Waals surface area contributed by atoms with Gasteiger partial charge in [0.15, 0.2) is 11.5 Å². The average Bonchev–Trinajstić information content (AvgIpc) is 3.28. The van der Waals surface area contributed by atoms with Crippen LogP contribution in [0.5, 0.6) is 11.5 Å². The van der Waals surface area contributed by atoms with Crippen molar-refractivity contribution < 1.29 is 28.8 Å². The Hall–Kier alpha value is -3.13. The van der Waals surface area contributed by atoms with E-state index in [-0.39, 0.29) is 28.7 Å². The second kappa shape index (κ2) is 8.55. The number of hydrogen-bond acceptors (Lipinski definition) is 8. The summed E-state index contributed by atoms with van der Waals surface area (Å²) in [5.74, 6) is -0.726. The number of anilines is 1. The van der Waals surface area contributed by atoms with Gasteiger partial charge in [-0.1, -0.05) is 0 Å². The van der Waals surface area contributed by atoms with Crippen LogP contribution in [0.4, 0.5) is 16.2 Å². The molecule has 12 heteroatoms. The molecule has 2 aliphatic rings. The normalized spacial score (nSPS) is 16.2. The van der Waals surface area contributed by atoms with Gasteiger partial charge in [0, 0.05) is 9.26 Å². The van der Waals surface area contributed by atoms with E-state index >= 15 is 0 Å². The molecule has 3 amide bonds. The Kier molecular flexibility index (Phi) is 5.82. The summed E-state index contributed by atoms with van der Waals surface area (Å²) >= 11 is 2.73. The van der Waals surface area contributed by atoms with E-state index in [1.807, 2.05) is 0 Å². The summed E-state index contributed by atoms with van der Waals surface area (Å²) in [6, 6.07) is 9.58. The fraction of sp³-hybridized carbons (Fsp3) is 0.105. The Morgan fingerprint density at radius 3 is 2.58 bits per heavy atom. The first kappa shape index (κ1) is 21.1. The molecule has 2 aromatic carbocycles. The Balaban J connectivity index is 1.53. The molecule has 2 aliphatic heterocycles. The van der Waals surface area contributed by atoms with Crippen LogP contribution in [0.25, 0.3) is 6.08 Å². The summed E-state index contributed by atoms with van der Waals surface area (Å²) in [5, 5.41) is 13.4. The van der Waals surface area contributed by atoms with Crippen molar-refractivity contribution >= 4 is 68.9 Å². The van der Waals surface area contributed by atoms with E-state index in [0.29, 0.717) is 23.2 Å². The summed E-state index contributed by atoms with van der Waals surface area (Å²) in [4.78, 5) is 48.8. The summed E-state index contributed by atoms with van der Waals surface area (Å²) in [5.41, 5.74) is 0.319. The molecule has 0 atom stereocenters. The first-order valence-corrected chi connectivity index (χ1v) is 10.6. The van der Waals surface area contributed by atoms with Gasteiger partial charge in [0.05, 0.1) is 21.5 Å². The number of amides is 3. The average molecular weight is 553 g/mol. The fourth-order valence-corrected chi connectivity index (χ4v) is 4.06. The van der Waals surface area contributed by atoms with Crippen molar-refractivity contribution in [1.82, 2.24) is 4.90 Å². The van der Waals surface area contributed by atoms with Crippen LogP contribution in [-0.2, 0) is 9.59 Å². The monoisotopic (exact) mass is 553 g/mol. The van der Waals surface area contributed by atoms with Crippen LogP contribution in [0, 0.1) is 13.7 Å². The molecule has 2 heterocycles. The third-order valence-electron chi connectivity index (χ3n) is 4.31. The van der Waals surface area contributed by atoms with Gasteiger partial charge in [-0.05, 0) is 70.8 Å². The lowest BCUT2D eigenvalue weighted by Gasteiger charge is -2.12. The molecule has 0 bridgehead atoms. The molecule has 0 unspecified atom stereocenters. The highest BCUT2D eigenvalue weighted by molar-refractivity contribution is 14.1. The number of hydrogen-bond donors (Lipinski definition) is 1. The number of nitrogens with one attached hydrogen (secondary N) is 1. The number of carbonyl (C=O) groups excluding carboxylic acids is 3. The van der Waals surface area contributed by atoms with Gasteiger partial charge in [0.25, 0.3) is 16.8 Å². The van der Waals surface area contributed by atoms with Crippen molar-refractivity contribution in [3.63, 3.8) is 0 Å². The van der Waals surface area contributed by atoms with Crippen molar-refractivity contribution in [1.29, 1.82) is 0 Å². The van der Waals surface area contributed by atoms with Gasteiger partial charge in [0.1, 0.15) is 6.54 Å². The van der Waals surface area contributed by atoms with Gasteiger partial charge >= 0.3 is 0 Å². The van der Waals surface area contributed by atoms with Gasteiger partial charge in [-0.25, -0.2) is 0 Å². The number of rotatable bonds is 5. The van der Waals surface area contributed by atoms with E-state index in [2.05, 4.69) is 27.9 Å². The molecule has 0 aliphatic carbocycles. The lowest BCUT2D eigenvalue weighted by molar-refractivity contribution is -0.385. The number of benzene rings is 2. The van der Waals surface area contributed by atoms with Crippen LogP contribution in [0.1, 0.15) is 5.56 Å². The highest BCUT2D eigenvalue weighted by Gasteiger charge is 2.37. The van der Waals surface area contributed by atoms with Crippen molar-refractivity contribution in [3.8, 4) is 11.5 Å². The molecular weight excluding hydrogens is 541 g/mol. The maximum Gasteiger partial charge on any atom is 0.294 e. The Bertz CT molecular complexity index is 1150. The number of ether oxygens (including phenoxy) is 2. The molecule has 1 N–H and O–H groups in total. The van der Waals surface area contributed by atoms with Gasteiger partial charge in [-0.3, -0.25) is 29.4 Å². The number of halogens is 1. The predicted molar refractivity (Wildman–Crippen MR) is 120 cm³/mol. The van der Waals surface area contributed by atoms with Crippen LogP contribution in [0.3, 0.4) is 0 Å². The first-order chi connectivity index (χ1) is 14.8. The minimum absolute atomic E-state index is 0.0333. The standard InChI is InChI=1S/C19H12IN3O7S/c20-11-1-3-12(4-2-11)21-17(24)8-22-18(25)16(31-19(22)26)6-10-5-14-15(30-9-29-14)7-13(10)23(27)28/h1-7H,8-9H2,(H,21,24)/b16-6-. The van der Waals surface area contributed by atoms with Crippen LogP contribution >= 0.6 is 34.4 Å². The molecule has 158 valence electrons. The molecule has 31 heavy (non-hydrogen) atoms. The van der Waals surface area contributed by atoms with Crippen LogP contribution < -0.4 is 14.8 Å². The molecule has 4 rings (SSSR count). The first-order valence-electron chi connectivity index (χ1n) is 8.70. The molecule has 0 aromatic heterocycles. The van der Waals surface area contributed by atoms with Gasteiger partial charge in [0.2, 0.25) is 12.7 Å².